The first-order valence-corrected chi connectivity index (χ1v) is 5.83. The number of carbonyl (C=O) groups excluding carboxylic acids is 1. The molecule has 0 aliphatic heterocycles. The number of nitrogens with zero attached hydrogens (tertiary/aromatic N) is 2. The van der Waals surface area contributed by atoms with Crippen LogP contribution in [0.15, 0.2) is 36.7 Å². The average Bonchev–Trinajstić information content (AvgIpc) is 2.72. The van der Waals surface area contributed by atoms with Crippen molar-refractivity contribution in [2.75, 3.05) is 0 Å². The van der Waals surface area contributed by atoms with Crippen LogP contribution in [0.5, 0.6) is 0 Å². The first-order valence-electron chi connectivity index (χ1n) is 5.83. The van der Waals surface area contributed by atoms with Gasteiger partial charge in [0.25, 0.3) is 0 Å². The maximum atomic E-state index is 11.0. The van der Waals surface area contributed by atoms with E-state index in [9.17, 15) is 4.79 Å². The molecule has 1 saturated carbocycles. The minimum absolute atomic E-state index is 0.377. The van der Waals surface area contributed by atoms with Gasteiger partial charge in [0.15, 0.2) is 0 Å². The molecule has 0 saturated heterocycles. The van der Waals surface area contributed by atoms with Gasteiger partial charge in [0.1, 0.15) is 5.78 Å². The Bertz CT molecular complexity index is 563. The fraction of sp³-hybridized carbons (Fsp3) is 0.286. The van der Waals surface area contributed by atoms with Crippen LogP contribution >= 0.6 is 0 Å². The number of carbonyl (C=O) groups is 1. The highest BCUT2D eigenvalue weighted by atomic mass is 16.1. The van der Waals surface area contributed by atoms with Crippen molar-refractivity contribution in [1.29, 1.82) is 0 Å². The smallest absolute Gasteiger partial charge is 0.134 e. The number of benzene rings is 1. The third kappa shape index (κ3) is 1.88. The molecule has 3 nitrogen and oxygen atoms in total. The van der Waals surface area contributed by atoms with E-state index in [0.717, 1.165) is 5.56 Å². The molecule has 0 radical (unpaired) electrons. The van der Waals surface area contributed by atoms with Crippen molar-refractivity contribution in [2.24, 2.45) is 7.05 Å². The Labute approximate surface area is 100 Å². The lowest BCUT2D eigenvalue weighted by molar-refractivity contribution is -0.124. The van der Waals surface area contributed by atoms with Crippen LogP contribution in [0.4, 0.5) is 0 Å². The van der Waals surface area contributed by atoms with Crippen LogP contribution in [0.1, 0.15) is 24.3 Å². The molecule has 0 spiro atoms. The van der Waals surface area contributed by atoms with Crippen LogP contribution in [0.25, 0.3) is 11.1 Å². The van der Waals surface area contributed by atoms with E-state index in [4.69, 9.17) is 0 Å². The number of hydrogen-bond donors (Lipinski definition) is 0. The topological polar surface area (TPSA) is 34.9 Å². The molecule has 0 N–H and O–H groups in total. The molecule has 0 amide bonds. The fourth-order valence-corrected chi connectivity index (χ4v) is 2.27. The van der Waals surface area contributed by atoms with Gasteiger partial charge in [-0.05, 0) is 17.0 Å². The van der Waals surface area contributed by atoms with Crippen LogP contribution in [0.2, 0.25) is 0 Å². The van der Waals surface area contributed by atoms with Gasteiger partial charge in [-0.3, -0.25) is 9.48 Å². The average molecular weight is 226 g/mol. The van der Waals surface area contributed by atoms with Crippen molar-refractivity contribution < 1.29 is 4.79 Å². The van der Waals surface area contributed by atoms with E-state index in [1.54, 1.807) is 4.68 Å². The molecule has 1 fully saturated rings. The van der Waals surface area contributed by atoms with Crippen molar-refractivity contribution in [3.8, 4) is 11.1 Å². The predicted octanol–water partition coefficient (Wildman–Crippen LogP) is 2.53. The largest absolute Gasteiger partial charge is 0.300 e. The normalized spacial score (nSPS) is 15.9. The first-order chi connectivity index (χ1) is 8.22. The summed E-state index contributed by atoms with van der Waals surface area (Å²) in [6.45, 7) is 0. The summed E-state index contributed by atoms with van der Waals surface area (Å²) in [6, 6.07) is 8.42. The lowest BCUT2D eigenvalue weighted by Gasteiger charge is -2.24. The molecule has 2 aromatic rings. The van der Waals surface area contributed by atoms with Gasteiger partial charge in [0.05, 0.1) is 6.20 Å². The molecular formula is C14H14N2O. The van der Waals surface area contributed by atoms with Crippen molar-refractivity contribution >= 4 is 5.78 Å². The minimum atomic E-state index is 0.377. The number of aromatic nitrogens is 2. The number of Topliss-reactive ketones (excluding diaryl/α,β-unsaturated/α-hetero) is 1. The summed E-state index contributed by atoms with van der Waals surface area (Å²) in [5, 5.41) is 4.18. The van der Waals surface area contributed by atoms with Crippen molar-refractivity contribution in [1.82, 2.24) is 9.78 Å². The van der Waals surface area contributed by atoms with E-state index in [2.05, 4.69) is 29.4 Å². The minimum Gasteiger partial charge on any atom is -0.300 e. The summed E-state index contributed by atoms with van der Waals surface area (Å²) in [4.78, 5) is 11.0. The van der Waals surface area contributed by atoms with Gasteiger partial charge in [-0.25, -0.2) is 0 Å². The predicted molar refractivity (Wildman–Crippen MR) is 65.6 cm³/mol. The van der Waals surface area contributed by atoms with Gasteiger partial charge in [-0.15, -0.1) is 0 Å². The third-order valence-electron chi connectivity index (χ3n) is 3.34. The van der Waals surface area contributed by atoms with E-state index in [-0.39, 0.29) is 0 Å². The second kappa shape index (κ2) is 3.84. The van der Waals surface area contributed by atoms with Crippen molar-refractivity contribution in [3.63, 3.8) is 0 Å². The monoisotopic (exact) mass is 226 g/mol. The molecule has 1 heterocycles. The number of rotatable bonds is 2. The third-order valence-corrected chi connectivity index (χ3v) is 3.34. The lowest BCUT2D eigenvalue weighted by atomic mass is 9.78. The molecule has 0 unspecified atom stereocenters. The zero-order chi connectivity index (χ0) is 11.8. The quantitative estimate of drug-likeness (QED) is 0.788. The molecule has 1 aromatic carbocycles. The van der Waals surface area contributed by atoms with Gasteiger partial charge in [0, 0.05) is 31.6 Å². The van der Waals surface area contributed by atoms with E-state index in [1.165, 1.54) is 11.1 Å². The maximum absolute atomic E-state index is 11.0. The Balaban J connectivity index is 1.91. The Morgan fingerprint density at radius 3 is 2.76 bits per heavy atom. The molecule has 3 rings (SSSR count). The summed E-state index contributed by atoms with van der Waals surface area (Å²) in [7, 11) is 1.91. The van der Waals surface area contributed by atoms with Crippen LogP contribution in [-0.4, -0.2) is 15.6 Å². The van der Waals surface area contributed by atoms with Crippen LogP contribution in [-0.2, 0) is 11.8 Å². The highest BCUT2D eigenvalue weighted by molar-refractivity contribution is 5.86. The van der Waals surface area contributed by atoms with Gasteiger partial charge in [0.2, 0.25) is 0 Å². The molecule has 0 atom stereocenters. The van der Waals surface area contributed by atoms with E-state index < -0.39 is 0 Å². The second-order valence-electron chi connectivity index (χ2n) is 4.67. The van der Waals surface area contributed by atoms with Crippen LogP contribution in [0.3, 0.4) is 0 Å². The first kappa shape index (κ1) is 10.3. The second-order valence-corrected chi connectivity index (χ2v) is 4.67. The van der Waals surface area contributed by atoms with E-state index >= 15 is 0 Å². The van der Waals surface area contributed by atoms with E-state index in [1.807, 2.05) is 19.4 Å². The molecule has 17 heavy (non-hydrogen) atoms. The van der Waals surface area contributed by atoms with Gasteiger partial charge in [-0.2, -0.15) is 5.10 Å². The fourth-order valence-electron chi connectivity index (χ4n) is 2.27. The lowest BCUT2D eigenvalue weighted by Crippen LogP contribution is -2.20. The van der Waals surface area contributed by atoms with Gasteiger partial charge >= 0.3 is 0 Å². The van der Waals surface area contributed by atoms with Gasteiger partial charge < -0.3 is 0 Å². The SMILES string of the molecule is Cn1cc(-c2cccc(C3CC(=O)C3)c2)cn1. The molecule has 3 heteroatoms. The summed E-state index contributed by atoms with van der Waals surface area (Å²) < 4.78 is 1.80. The molecule has 1 aliphatic rings. The maximum Gasteiger partial charge on any atom is 0.134 e. The zero-order valence-corrected chi connectivity index (χ0v) is 9.76. The molecule has 86 valence electrons. The highest BCUT2D eigenvalue weighted by Gasteiger charge is 2.27. The molecule has 1 aliphatic carbocycles. The number of ketones is 1. The highest BCUT2D eigenvalue weighted by Crippen LogP contribution is 2.35. The Hall–Kier alpha value is -1.90. The Kier molecular flexibility index (Phi) is 2.32. The standard InChI is InChI=1S/C14H14N2O/c1-16-9-13(8-15-16)11-4-2-3-10(5-11)12-6-14(17)7-12/h2-5,8-9,12H,6-7H2,1H3. The van der Waals surface area contributed by atoms with Gasteiger partial charge in [-0.1, -0.05) is 24.3 Å². The van der Waals surface area contributed by atoms with Crippen LogP contribution in [0, 0.1) is 0 Å². The summed E-state index contributed by atoms with van der Waals surface area (Å²) >= 11 is 0. The van der Waals surface area contributed by atoms with Crippen molar-refractivity contribution in [2.45, 2.75) is 18.8 Å². The summed E-state index contributed by atoms with van der Waals surface area (Å²) in [5.41, 5.74) is 3.57. The number of hydrogen-bond acceptors (Lipinski definition) is 2. The zero-order valence-electron chi connectivity index (χ0n) is 9.76. The summed E-state index contributed by atoms with van der Waals surface area (Å²) in [5.74, 6) is 0.806. The molecular weight excluding hydrogens is 212 g/mol. The van der Waals surface area contributed by atoms with Crippen molar-refractivity contribution in [3.05, 3.63) is 42.2 Å². The molecule has 0 bridgehead atoms. The van der Waals surface area contributed by atoms with Crippen LogP contribution < -0.4 is 0 Å². The molecule has 1 aromatic heterocycles. The summed E-state index contributed by atoms with van der Waals surface area (Å²) in [6.07, 6.45) is 5.28. The van der Waals surface area contributed by atoms with E-state index in [0.29, 0.717) is 24.5 Å². The number of aryl methyl sites for hydroxylation is 1. The Morgan fingerprint density at radius 2 is 2.12 bits per heavy atom. The Morgan fingerprint density at radius 1 is 1.29 bits per heavy atom.